The van der Waals surface area contributed by atoms with Gasteiger partial charge in [0.05, 0.1) is 0 Å². The van der Waals surface area contributed by atoms with Gasteiger partial charge in [-0.1, -0.05) is 12.1 Å². The van der Waals surface area contributed by atoms with Crippen LogP contribution in [0.15, 0.2) is 4.52 Å². The zero-order valence-corrected chi connectivity index (χ0v) is 10.9. The first kappa shape index (κ1) is 11.9. The highest BCUT2D eigenvalue weighted by molar-refractivity contribution is 5.79. The first-order chi connectivity index (χ1) is 8.72. The van der Waals surface area contributed by atoms with Crippen molar-refractivity contribution in [1.82, 2.24) is 10.1 Å². The fourth-order valence-electron chi connectivity index (χ4n) is 3.21. The highest BCUT2D eigenvalue weighted by atomic mass is 16.5. The Balaban J connectivity index is 1.68. The van der Waals surface area contributed by atoms with Crippen LogP contribution in [0.25, 0.3) is 0 Å². The molecule has 0 amide bonds. The number of nitrogens with zero attached hydrogens (tertiary/aromatic N) is 2. The van der Waals surface area contributed by atoms with Crippen molar-refractivity contribution < 1.29 is 9.32 Å². The van der Waals surface area contributed by atoms with Gasteiger partial charge in [-0.25, -0.2) is 0 Å². The van der Waals surface area contributed by atoms with Crippen LogP contribution < -0.4 is 0 Å². The van der Waals surface area contributed by atoms with Gasteiger partial charge < -0.3 is 4.52 Å². The topological polar surface area (TPSA) is 56.0 Å². The molecule has 4 nitrogen and oxygen atoms in total. The van der Waals surface area contributed by atoms with Crippen LogP contribution >= 0.6 is 0 Å². The predicted molar refractivity (Wildman–Crippen MR) is 66.3 cm³/mol. The molecule has 2 aliphatic rings. The van der Waals surface area contributed by atoms with Crippen molar-refractivity contribution in [2.75, 3.05) is 0 Å². The van der Waals surface area contributed by atoms with Crippen molar-refractivity contribution in [3.05, 3.63) is 11.7 Å². The van der Waals surface area contributed by atoms with Gasteiger partial charge in [0.1, 0.15) is 5.78 Å². The van der Waals surface area contributed by atoms with E-state index in [1.54, 1.807) is 0 Å². The molecular formula is C14H20N2O2. The zero-order valence-electron chi connectivity index (χ0n) is 10.9. The minimum atomic E-state index is 0.308. The summed E-state index contributed by atoms with van der Waals surface area (Å²) in [6.07, 6.45) is 6.73. The van der Waals surface area contributed by atoms with Crippen LogP contribution in [0.1, 0.15) is 75.4 Å². The van der Waals surface area contributed by atoms with Gasteiger partial charge in [0.25, 0.3) is 0 Å². The van der Waals surface area contributed by atoms with E-state index < -0.39 is 0 Å². The van der Waals surface area contributed by atoms with Crippen LogP contribution in [0.3, 0.4) is 0 Å². The number of aromatic nitrogens is 2. The molecule has 0 aliphatic heterocycles. The molecular weight excluding hydrogens is 228 g/mol. The van der Waals surface area contributed by atoms with Crippen molar-refractivity contribution in [2.45, 2.75) is 63.7 Å². The minimum Gasteiger partial charge on any atom is -0.339 e. The molecule has 98 valence electrons. The number of Topliss-reactive ketones (excluding diaryl/α,β-unsaturated/α-hetero) is 1. The van der Waals surface area contributed by atoms with E-state index in [0.717, 1.165) is 30.5 Å². The number of rotatable bonds is 2. The molecule has 0 spiro atoms. The number of hydrogen-bond donors (Lipinski definition) is 0. The van der Waals surface area contributed by atoms with E-state index >= 15 is 0 Å². The lowest BCUT2D eigenvalue weighted by Gasteiger charge is -2.16. The number of hydrogen-bond acceptors (Lipinski definition) is 4. The number of carbonyl (C=O) groups is 1. The molecule has 2 unspecified atom stereocenters. The van der Waals surface area contributed by atoms with Gasteiger partial charge in [-0.3, -0.25) is 4.79 Å². The van der Waals surface area contributed by atoms with E-state index in [1.165, 1.54) is 19.3 Å². The SMILES string of the molecule is CC1CCC(c2noc(C3CCC(=O)CC3)n2)C1. The van der Waals surface area contributed by atoms with Gasteiger partial charge in [-0.15, -0.1) is 0 Å². The molecule has 0 bridgehead atoms. The Bertz CT molecular complexity index is 431. The van der Waals surface area contributed by atoms with Crippen LogP contribution in [0.4, 0.5) is 0 Å². The number of ketones is 1. The summed E-state index contributed by atoms with van der Waals surface area (Å²) < 4.78 is 5.41. The van der Waals surface area contributed by atoms with E-state index in [-0.39, 0.29) is 0 Å². The zero-order chi connectivity index (χ0) is 12.5. The molecule has 1 heterocycles. The lowest BCUT2D eigenvalue weighted by atomic mass is 9.88. The van der Waals surface area contributed by atoms with E-state index in [4.69, 9.17) is 4.52 Å². The summed E-state index contributed by atoms with van der Waals surface area (Å²) >= 11 is 0. The number of carbonyl (C=O) groups excluding carboxylic acids is 1. The molecule has 0 N–H and O–H groups in total. The van der Waals surface area contributed by atoms with E-state index in [2.05, 4.69) is 17.1 Å². The quantitative estimate of drug-likeness (QED) is 0.806. The highest BCUT2D eigenvalue weighted by Crippen LogP contribution is 2.37. The van der Waals surface area contributed by atoms with Gasteiger partial charge in [0, 0.05) is 24.7 Å². The first-order valence-electron chi connectivity index (χ1n) is 7.07. The minimum absolute atomic E-state index is 0.308. The molecule has 1 aromatic heterocycles. The Morgan fingerprint density at radius 2 is 1.89 bits per heavy atom. The molecule has 0 aromatic carbocycles. The van der Waals surface area contributed by atoms with Crippen LogP contribution in [0.5, 0.6) is 0 Å². The molecule has 18 heavy (non-hydrogen) atoms. The maximum atomic E-state index is 11.2. The summed E-state index contributed by atoms with van der Waals surface area (Å²) in [4.78, 5) is 15.8. The lowest BCUT2D eigenvalue weighted by molar-refractivity contribution is -0.120. The second kappa shape index (κ2) is 4.82. The van der Waals surface area contributed by atoms with Gasteiger partial charge in [-0.05, 0) is 38.0 Å². The van der Waals surface area contributed by atoms with Gasteiger partial charge in [0.2, 0.25) is 5.89 Å². The van der Waals surface area contributed by atoms with Crippen molar-refractivity contribution in [3.8, 4) is 0 Å². The molecule has 2 fully saturated rings. The maximum Gasteiger partial charge on any atom is 0.229 e. The third-order valence-corrected chi connectivity index (χ3v) is 4.41. The van der Waals surface area contributed by atoms with Gasteiger partial charge in [-0.2, -0.15) is 4.98 Å². The van der Waals surface area contributed by atoms with Gasteiger partial charge >= 0.3 is 0 Å². The van der Waals surface area contributed by atoms with Crippen LogP contribution in [-0.4, -0.2) is 15.9 Å². The average Bonchev–Trinajstić information content (AvgIpc) is 2.98. The van der Waals surface area contributed by atoms with Crippen molar-refractivity contribution in [2.24, 2.45) is 5.92 Å². The van der Waals surface area contributed by atoms with Gasteiger partial charge in [0.15, 0.2) is 5.82 Å². The summed E-state index contributed by atoms with van der Waals surface area (Å²) in [6, 6.07) is 0. The summed E-state index contributed by atoms with van der Waals surface area (Å²) in [7, 11) is 0. The molecule has 2 saturated carbocycles. The fraction of sp³-hybridized carbons (Fsp3) is 0.786. The average molecular weight is 248 g/mol. The van der Waals surface area contributed by atoms with Crippen molar-refractivity contribution >= 4 is 5.78 Å². The fourth-order valence-corrected chi connectivity index (χ4v) is 3.21. The van der Waals surface area contributed by atoms with Crippen LogP contribution in [0, 0.1) is 5.92 Å². The normalized spacial score (nSPS) is 29.9. The lowest BCUT2D eigenvalue weighted by Crippen LogP contribution is -2.12. The monoisotopic (exact) mass is 248 g/mol. The second-order valence-corrected chi connectivity index (χ2v) is 5.92. The van der Waals surface area contributed by atoms with E-state index in [0.29, 0.717) is 30.5 Å². The van der Waals surface area contributed by atoms with Crippen LogP contribution in [-0.2, 0) is 4.79 Å². The third kappa shape index (κ3) is 2.33. The standard InChI is InChI=1S/C14H20N2O2/c1-9-2-3-11(8-9)13-15-14(18-16-13)10-4-6-12(17)7-5-10/h9-11H,2-8H2,1H3. The smallest absolute Gasteiger partial charge is 0.229 e. The first-order valence-corrected chi connectivity index (χ1v) is 7.07. The predicted octanol–water partition coefficient (Wildman–Crippen LogP) is 3.20. The summed E-state index contributed by atoms with van der Waals surface area (Å²) in [5.74, 6) is 3.61. The van der Waals surface area contributed by atoms with Crippen molar-refractivity contribution in [3.63, 3.8) is 0 Å². The largest absolute Gasteiger partial charge is 0.339 e. The Kier molecular flexibility index (Phi) is 3.18. The van der Waals surface area contributed by atoms with Crippen LogP contribution in [0.2, 0.25) is 0 Å². The Labute approximate surface area is 107 Å². The summed E-state index contributed by atoms with van der Waals surface area (Å²) in [5, 5.41) is 4.16. The second-order valence-electron chi connectivity index (χ2n) is 5.92. The summed E-state index contributed by atoms with van der Waals surface area (Å²) in [6.45, 7) is 2.29. The van der Waals surface area contributed by atoms with E-state index in [1.807, 2.05) is 0 Å². The summed E-state index contributed by atoms with van der Waals surface area (Å²) in [5.41, 5.74) is 0. The third-order valence-electron chi connectivity index (χ3n) is 4.41. The maximum absolute atomic E-state index is 11.2. The molecule has 3 rings (SSSR count). The molecule has 0 radical (unpaired) electrons. The van der Waals surface area contributed by atoms with E-state index in [9.17, 15) is 4.79 Å². The molecule has 2 atom stereocenters. The molecule has 2 aliphatic carbocycles. The molecule has 0 saturated heterocycles. The Morgan fingerprint density at radius 1 is 1.11 bits per heavy atom. The Hall–Kier alpha value is -1.19. The molecule has 4 heteroatoms. The Morgan fingerprint density at radius 3 is 2.56 bits per heavy atom. The molecule has 1 aromatic rings. The highest BCUT2D eigenvalue weighted by Gasteiger charge is 2.29. The van der Waals surface area contributed by atoms with Crippen molar-refractivity contribution in [1.29, 1.82) is 0 Å².